The van der Waals surface area contributed by atoms with Crippen LogP contribution >= 0.6 is 0 Å². The van der Waals surface area contributed by atoms with E-state index in [-0.39, 0.29) is 5.75 Å². The second-order valence-electron chi connectivity index (χ2n) is 6.25. The Hall–Kier alpha value is -3.11. The Morgan fingerprint density at radius 1 is 1.32 bits per heavy atom. The predicted molar refractivity (Wildman–Crippen MR) is 108 cm³/mol. The maximum absolute atomic E-state index is 12.5. The molecule has 3 aromatic heterocycles. The van der Waals surface area contributed by atoms with Crippen molar-refractivity contribution in [2.45, 2.75) is 6.92 Å². The minimum atomic E-state index is -3.57. The van der Waals surface area contributed by atoms with Crippen LogP contribution in [0.15, 0.2) is 54.2 Å². The van der Waals surface area contributed by atoms with Crippen LogP contribution in [-0.4, -0.2) is 53.6 Å². The molecule has 0 atom stereocenters. The number of anilines is 1. The molecule has 1 N–H and O–H groups in total. The third-order valence-corrected chi connectivity index (χ3v) is 6.28. The molecule has 3 aromatic rings. The molecule has 0 unspecified atom stereocenters. The van der Waals surface area contributed by atoms with Crippen molar-refractivity contribution in [2.24, 2.45) is 5.16 Å². The average Bonchev–Trinajstić information content (AvgIpc) is 3.20. The molecule has 0 radical (unpaired) electrons. The first-order valence-electron chi connectivity index (χ1n) is 8.71. The molecule has 1 aliphatic heterocycles. The number of fused-ring (bicyclic) bond motifs is 1. The first-order valence-corrected chi connectivity index (χ1v) is 10.5. The molecule has 4 rings (SSSR count). The van der Waals surface area contributed by atoms with E-state index in [4.69, 9.17) is 4.84 Å². The van der Waals surface area contributed by atoms with Crippen molar-refractivity contribution in [2.75, 3.05) is 23.7 Å². The number of hydrogen-bond acceptors (Lipinski definition) is 6. The van der Waals surface area contributed by atoms with Gasteiger partial charge >= 0.3 is 0 Å². The number of nitrogens with zero attached hydrogens (tertiary/aromatic N) is 6. The summed E-state index contributed by atoms with van der Waals surface area (Å²) in [5.74, 6) is -0.123. The summed E-state index contributed by atoms with van der Waals surface area (Å²) in [7, 11) is -1.99. The predicted octanol–water partition coefficient (Wildman–Crippen LogP) is 1.92. The summed E-state index contributed by atoms with van der Waals surface area (Å²) in [6, 6.07) is 7.31. The number of pyridine rings is 2. The SMILES string of the molecule is CCON=C1C[SH](=O)(O)N(C)c2ccc(-c3cnn(-c4cccnc4)c3)nc21. The Morgan fingerprint density at radius 3 is 2.93 bits per heavy atom. The molecular formula is C18H20N6O3S. The lowest BCUT2D eigenvalue weighted by molar-refractivity contribution is 0.159. The summed E-state index contributed by atoms with van der Waals surface area (Å²) in [4.78, 5) is 13.9. The van der Waals surface area contributed by atoms with E-state index in [1.807, 2.05) is 18.3 Å². The van der Waals surface area contributed by atoms with E-state index in [2.05, 4.69) is 20.2 Å². The molecule has 0 amide bonds. The highest BCUT2D eigenvalue weighted by Crippen LogP contribution is 2.32. The highest BCUT2D eigenvalue weighted by molar-refractivity contribution is 7.99. The smallest absolute Gasteiger partial charge is 0.128 e. The van der Waals surface area contributed by atoms with Crippen molar-refractivity contribution in [3.05, 3.63) is 54.7 Å². The number of oxime groups is 1. The van der Waals surface area contributed by atoms with E-state index in [0.717, 1.165) is 11.3 Å². The van der Waals surface area contributed by atoms with Crippen molar-refractivity contribution >= 4 is 21.8 Å². The van der Waals surface area contributed by atoms with Crippen LogP contribution < -0.4 is 4.31 Å². The van der Waals surface area contributed by atoms with E-state index in [1.165, 1.54) is 4.31 Å². The van der Waals surface area contributed by atoms with Gasteiger partial charge in [0.15, 0.2) is 0 Å². The van der Waals surface area contributed by atoms with Gasteiger partial charge in [-0.25, -0.2) is 9.67 Å². The number of thiol groups is 1. The Bertz CT molecular complexity index is 1080. The van der Waals surface area contributed by atoms with Gasteiger partial charge in [-0.15, -0.1) is 10.4 Å². The molecule has 9 nitrogen and oxygen atoms in total. The van der Waals surface area contributed by atoms with Crippen molar-refractivity contribution in [3.8, 4) is 16.9 Å². The van der Waals surface area contributed by atoms with Gasteiger partial charge in [0.1, 0.15) is 18.0 Å². The standard InChI is InChI=1S/C18H20N6O3S/c1-3-27-22-16-12-28(25,26)23(2)17-7-6-15(21-18(16)17)13-9-20-24(11-13)14-5-4-8-19-10-14/h4-11,28H,3,12H2,1-2H3,(H,25,26). The van der Waals surface area contributed by atoms with Gasteiger partial charge in [-0.2, -0.15) is 9.31 Å². The molecule has 0 saturated heterocycles. The quantitative estimate of drug-likeness (QED) is 0.512. The van der Waals surface area contributed by atoms with Gasteiger partial charge in [0.05, 0.1) is 35.2 Å². The van der Waals surface area contributed by atoms with E-state index in [0.29, 0.717) is 29.4 Å². The monoisotopic (exact) mass is 400 g/mol. The van der Waals surface area contributed by atoms with Gasteiger partial charge in [-0.05, 0) is 31.2 Å². The lowest BCUT2D eigenvalue weighted by Crippen LogP contribution is -2.44. The zero-order valence-corrected chi connectivity index (χ0v) is 16.3. The van der Waals surface area contributed by atoms with Gasteiger partial charge in [0, 0.05) is 25.0 Å². The van der Waals surface area contributed by atoms with Crippen molar-refractivity contribution in [1.29, 1.82) is 0 Å². The summed E-state index contributed by atoms with van der Waals surface area (Å²) in [6.07, 6.45) is 6.99. The Kier molecular flexibility index (Phi) is 4.65. The average molecular weight is 400 g/mol. The second kappa shape index (κ2) is 7.13. The van der Waals surface area contributed by atoms with Gasteiger partial charge in [-0.3, -0.25) is 13.8 Å². The summed E-state index contributed by atoms with van der Waals surface area (Å²) >= 11 is 0. The fraction of sp³-hybridized carbons (Fsp3) is 0.222. The van der Waals surface area contributed by atoms with Gasteiger partial charge in [0.2, 0.25) is 0 Å². The van der Waals surface area contributed by atoms with Crippen molar-refractivity contribution in [1.82, 2.24) is 19.7 Å². The molecule has 10 heteroatoms. The highest BCUT2D eigenvalue weighted by atomic mass is 32.3. The summed E-state index contributed by atoms with van der Waals surface area (Å²) in [6.45, 7) is 2.16. The van der Waals surface area contributed by atoms with Gasteiger partial charge in [0.25, 0.3) is 0 Å². The maximum Gasteiger partial charge on any atom is 0.128 e. The minimum Gasteiger partial charge on any atom is -0.396 e. The fourth-order valence-corrected chi connectivity index (χ4v) is 4.24. The lowest BCUT2D eigenvalue weighted by Gasteiger charge is -2.39. The van der Waals surface area contributed by atoms with Crippen LogP contribution in [0.1, 0.15) is 12.6 Å². The molecule has 4 heterocycles. The topological polar surface area (TPSA) is 106 Å². The third kappa shape index (κ3) is 3.27. The van der Waals surface area contributed by atoms with E-state index in [9.17, 15) is 8.76 Å². The van der Waals surface area contributed by atoms with Crippen LogP contribution in [0.3, 0.4) is 0 Å². The Balaban J connectivity index is 1.76. The van der Waals surface area contributed by atoms with Crippen LogP contribution in [0.4, 0.5) is 5.69 Å². The third-order valence-electron chi connectivity index (χ3n) is 4.41. The molecule has 0 saturated carbocycles. The van der Waals surface area contributed by atoms with Crippen molar-refractivity contribution in [3.63, 3.8) is 0 Å². The van der Waals surface area contributed by atoms with Crippen LogP contribution in [0, 0.1) is 0 Å². The van der Waals surface area contributed by atoms with E-state index in [1.54, 1.807) is 49.4 Å². The molecule has 1 aliphatic rings. The van der Waals surface area contributed by atoms with Crippen LogP contribution in [-0.2, 0) is 15.2 Å². The summed E-state index contributed by atoms with van der Waals surface area (Å²) in [5, 5.41) is 8.40. The number of rotatable bonds is 4. The normalized spacial score (nSPS) is 18.0. The van der Waals surface area contributed by atoms with Crippen LogP contribution in [0.2, 0.25) is 0 Å². The highest BCUT2D eigenvalue weighted by Gasteiger charge is 2.30. The molecule has 146 valence electrons. The largest absolute Gasteiger partial charge is 0.396 e. The zero-order valence-electron chi connectivity index (χ0n) is 15.4. The van der Waals surface area contributed by atoms with Crippen molar-refractivity contribution < 1.29 is 13.6 Å². The molecule has 0 bridgehead atoms. The van der Waals surface area contributed by atoms with E-state index < -0.39 is 10.4 Å². The fourth-order valence-electron chi connectivity index (χ4n) is 2.93. The van der Waals surface area contributed by atoms with Crippen LogP contribution in [0.25, 0.3) is 16.9 Å². The summed E-state index contributed by atoms with van der Waals surface area (Å²) in [5.41, 5.74) is 3.76. The summed E-state index contributed by atoms with van der Waals surface area (Å²) < 4.78 is 25.9. The Labute approximate surface area is 163 Å². The lowest BCUT2D eigenvalue weighted by atomic mass is 10.1. The minimum absolute atomic E-state index is 0.123. The molecular weight excluding hydrogens is 380 g/mol. The van der Waals surface area contributed by atoms with Crippen LogP contribution in [0.5, 0.6) is 0 Å². The van der Waals surface area contributed by atoms with Gasteiger partial charge in [-0.1, -0.05) is 5.16 Å². The molecule has 0 aromatic carbocycles. The molecule has 0 fully saturated rings. The molecule has 0 spiro atoms. The number of hydrogen-bond donors (Lipinski definition) is 2. The molecule has 28 heavy (non-hydrogen) atoms. The first-order chi connectivity index (χ1) is 13.5. The zero-order chi connectivity index (χ0) is 19.7. The Morgan fingerprint density at radius 2 is 2.18 bits per heavy atom. The van der Waals surface area contributed by atoms with E-state index >= 15 is 0 Å². The number of aromatic nitrogens is 4. The van der Waals surface area contributed by atoms with Gasteiger partial charge < -0.3 is 4.84 Å². The second-order valence-corrected chi connectivity index (χ2v) is 8.50. The molecule has 0 aliphatic carbocycles. The maximum atomic E-state index is 12.5. The first kappa shape index (κ1) is 18.3.